The number of aliphatic carboxylic acids is 1. The highest BCUT2D eigenvalue weighted by atomic mass is 16.5. The minimum absolute atomic E-state index is 0.0895. The van der Waals surface area contributed by atoms with Crippen LogP contribution in [0.15, 0.2) is 24.3 Å². The van der Waals surface area contributed by atoms with Gasteiger partial charge in [-0.3, -0.25) is 9.59 Å². The highest BCUT2D eigenvalue weighted by molar-refractivity contribution is 5.94. The molecule has 0 aromatic heterocycles. The van der Waals surface area contributed by atoms with Gasteiger partial charge in [0.15, 0.2) is 0 Å². The molecule has 5 nitrogen and oxygen atoms in total. The van der Waals surface area contributed by atoms with Crippen molar-refractivity contribution in [3.05, 3.63) is 35.4 Å². The van der Waals surface area contributed by atoms with E-state index < -0.39 is 5.97 Å². The van der Waals surface area contributed by atoms with Crippen molar-refractivity contribution in [2.75, 3.05) is 13.2 Å². The third kappa shape index (κ3) is 3.24. The Balaban J connectivity index is 1.69. The summed E-state index contributed by atoms with van der Waals surface area (Å²) in [6.45, 7) is 0.474. The van der Waals surface area contributed by atoms with Gasteiger partial charge in [-0.05, 0) is 42.2 Å². The molecule has 21 heavy (non-hydrogen) atoms. The molecule has 1 heterocycles. The first-order valence-corrected chi connectivity index (χ1v) is 7.10. The Morgan fingerprint density at radius 2 is 2.19 bits per heavy atom. The SMILES string of the molecule is O=C(O)CN(C(=O)C=Cc1ccc2c(c1)CCO2)C1CC1. The number of hydrogen-bond acceptors (Lipinski definition) is 3. The molecule has 0 spiro atoms. The van der Waals surface area contributed by atoms with Gasteiger partial charge in [-0.2, -0.15) is 0 Å². The number of benzene rings is 1. The summed E-state index contributed by atoms with van der Waals surface area (Å²) in [6, 6.07) is 5.89. The molecule has 1 aromatic carbocycles. The number of carboxylic acids is 1. The van der Waals surface area contributed by atoms with Crippen LogP contribution in [0.3, 0.4) is 0 Å². The minimum atomic E-state index is -0.974. The monoisotopic (exact) mass is 287 g/mol. The van der Waals surface area contributed by atoms with E-state index in [9.17, 15) is 9.59 Å². The number of rotatable bonds is 5. The van der Waals surface area contributed by atoms with Crippen LogP contribution in [0.2, 0.25) is 0 Å². The van der Waals surface area contributed by atoms with Crippen molar-refractivity contribution in [3.8, 4) is 5.75 Å². The first kappa shape index (κ1) is 13.7. The molecule has 1 aliphatic carbocycles. The number of carbonyl (C=O) groups is 2. The Hall–Kier alpha value is -2.30. The van der Waals surface area contributed by atoms with Gasteiger partial charge in [-0.15, -0.1) is 0 Å². The normalized spacial score (nSPS) is 16.6. The summed E-state index contributed by atoms with van der Waals surface area (Å²) < 4.78 is 5.44. The van der Waals surface area contributed by atoms with E-state index in [0.717, 1.165) is 36.1 Å². The van der Waals surface area contributed by atoms with Crippen molar-refractivity contribution < 1.29 is 19.4 Å². The van der Waals surface area contributed by atoms with Crippen LogP contribution in [0, 0.1) is 0 Å². The average Bonchev–Trinajstić information content (AvgIpc) is 3.19. The molecule has 1 fully saturated rings. The second-order valence-electron chi connectivity index (χ2n) is 5.39. The smallest absolute Gasteiger partial charge is 0.323 e. The molecule has 0 radical (unpaired) electrons. The van der Waals surface area contributed by atoms with Gasteiger partial charge < -0.3 is 14.7 Å². The fourth-order valence-corrected chi connectivity index (χ4v) is 2.49. The van der Waals surface area contributed by atoms with E-state index in [-0.39, 0.29) is 18.5 Å². The number of nitrogens with zero attached hydrogens (tertiary/aromatic N) is 1. The van der Waals surface area contributed by atoms with Gasteiger partial charge in [0.1, 0.15) is 12.3 Å². The fourth-order valence-electron chi connectivity index (χ4n) is 2.49. The summed E-state index contributed by atoms with van der Waals surface area (Å²) in [7, 11) is 0. The lowest BCUT2D eigenvalue weighted by atomic mass is 10.1. The van der Waals surface area contributed by atoms with Gasteiger partial charge >= 0.3 is 5.97 Å². The molecule has 1 amide bonds. The van der Waals surface area contributed by atoms with Crippen molar-refractivity contribution in [3.63, 3.8) is 0 Å². The summed E-state index contributed by atoms with van der Waals surface area (Å²) in [6.07, 6.45) is 5.86. The topological polar surface area (TPSA) is 66.8 Å². The van der Waals surface area contributed by atoms with E-state index in [1.54, 1.807) is 6.08 Å². The van der Waals surface area contributed by atoms with Crippen LogP contribution in [0.25, 0.3) is 6.08 Å². The zero-order valence-electron chi connectivity index (χ0n) is 11.6. The van der Waals surface area contributed by atoms with E-state index in [4.69, 9.17) is 9.84 Å². The van der Waals surface area contributed by atoms with Gasteiger partial charge in [0.25, 0.3) is 0 Å². The van der Waals surface area contributed by atoms with E-state index in [1.807, 2.05) is 18.2 Å². The molecule has 0 saturated heterocycles. The highest BCUT2D eigenvalue weighted by Gasteiger charge is 2.32. The molecule has 1 saturated carbocycles. The largest absolute Gasteiger partial charge is 0.493 e. The maximum Gasteiger partial charge on any atom is 0.323 e. The Bertz CT molecular complexity index is 604. The van der Waals surface area contributed by atoms with Crippen molar-refractivity contribution in [2.24, 2.45) is 0 Å². The molecular formula is C16H17NO4. The molecule has 0 bridgehead atoms. The predicted octanol–water partition coefficient (Wildman–Crippen LogP) is 1.71. The summed E-state index contributed by atoms with van der Waals surface area (Å²) in [5.74, 6) is -0.307. The molecule has 0 atom stereocenters. The summed E-state index contributed by atoms with van der Waals surface area (Å²) >= 11 is 0. The first-order chi connectivity index (χ1) is 10.1. The molecule has 0 unspecified atom stereocenters. The van der Waals surface area contributed by atoms with Gasteiger partial charge in [-0.25, -0.2) is 0 Å². The van der Waals surface area contributed by atoms with Crippen molar-refractivity contribution in [1.82, 2.24) is 4.90 Å². The van der Waals surface area contributed by atoms with Gasteiger partial charge in [-0.1, -0.05) is 6.07 Å². The second kappa shape index (κ2) is 5.60. The molecule has 1 aromatic rings. The first-order valence-electron chi connectivity index (χ1n) is 7.10. The van der Waals surface area contributed by atoms with Crippen molar-refractivity contribution in [2.45, 2.75) is 25.3 Å². The maximum atomic E-state index is 12.1. The zero-order chi connectivity index (χ0) is 14.8. The third-order valence-electron chi connectivity index (χ3n) is 3.71. The maximum absolute atomic E-state index is 12.1. The molecule has 1 N–H and O–H groups in total. The lowest BCUT2D eigenvalue weighted by Crippen LogP contribution is -2.36. The van der Waals surface area contributed by atoms with E-state index in [0.29, 0.717) is 6.61 Å². The molecule has 3 rings (SSSR count). The Morgan fingerprint density at radius 1 is 1.38 bits per heavy atom. The van der Waals surface area contributed by atoms with Gasteiger partial charge in [0.2, 0.25) is 5.91 Å². The van der Waals surface area contributed by atoms with Crippen molar-refractivity contribution in [1.29, 1.82) is 0 Å². The average molecular weight is 287 g/mol. The van der Waals surface area contributed by atoms with Crippen LogP contribution in [0.4, 0.5) is 0 Å². The number of amides is 1. The summed E-state index contributed by atoms with van der Waals surface area (Å²) in [4.78, 5) is 24.4. The Kier molecular flexibility index (Phi) is 3.64. The Labute approximate surface area is 122 Å². The Morgan fingerprint density at radius 3 is 2.90 bits per heavy atom. The molecular weight excluding hydrogens is 270 g/mol. The minimum Gasteiger partial charge on any atom is -0.493 e. The number of ether oxygens (including phenoxy) is 1. The quantitative estimate of drug-likeness (QED) is 0.837. The lowest BCUT2D eigenvalue weighted by Gasteiger charge is -2.17. The number of fused-ring (bicyclic) bond motifs is 1. The van der Waals surface area contributed by atoms with Crippen LogP contribution in [-0.2, 0) is 16.0 Å². The second-order valence-corrected chi connectivity index (χ2v) is 5.39. The van der Waals surface area contributed by atoms with Crippen LogP contribution < -0.4 is 4.74 Å². The molecule has 1 aliphatic heterocycles. The fraction of sp³-hybridized carbons (Fsp3) is 0.375. The van der Waals surface area contributed by atoms with Crippen LogP contribution in [0.1, 0.15) is 24.0 Å². The molecule has 2 aliphatic rings. The van der Waals surface area contributed by atoms with E-state index in [2.05, 4.69) is 0 Å². The van der Waals surface area contributed by atoms with Crippen molar-refractivity contribution >= 4 is 18.0 Å². The van der Waals surface area contributed by atoms with Gasteiger partial charge in [0, 0.05) is 18.5 Å². The molecule has 5 heteroatoms. The zero-order valence-corrected chi connectivity index (χ0v) is 11.6. The number of carbonyl (C=O) groups excluding carboxylic acids is 1. The van der Waals surface area contributed by atoms with Crippen LogP contribution in [0.5, 0.6) is 5.75 Å². The number of hydrogen-bond donors (Lipinski definition) is 1. The third-order valence-corrected chi connectivity index (χ3v) is 3.71. The lowest BCUT2D eigenvalue weighted by molar-refractivity contribution is -0.143. The number of carboxylic acid groups (broad SMARTS) is 1. The molecule has 110 valence electrons. The van der Waals surface area contributed by atoms with E-state index in [1.165, 1.54) is 11.0 Å². The van der Waals surface area contributed by atoms with Gasteiger partial charge in [0.05, 0.1) is 6.61 Å². The van der Waals surface area contributed by atoms with E-state index >= 15 is 0 Å². The summed E-state index contributed by atoms with van der Waals surface area (Å²) in [5, 5.41) is 8.87. The summed E-state index contributed by atoms with van der Waals surface area (Å²) in [5.41, 5.74) is 2.08. The van der Waals surface area contributed by atoms with Crippen LogP contribution >= 0.6 is 0 Å². The highest BCUT2D eigenvalue weighted by Crippen LogP contribution is 2.28. The standard InChI is InChI=1S/C16H17NO4/c18-15(17(10-16(19)20)13-3-4-13)6-2-11-1-5-14-12(9-11)7-8-21-14/h1-2,5-6,9,13H,3-4,7-8,10H2,(H,19,20). The van der Waals surface area contributed by atoms with Crippen LogP contribution in [-0.4, -0.2) is 41.1 Å². The predicted molar refractivity (Wildman–Crippen MR) is 77.0 cm³/mol.